The molecule has 0 aromatic rings. The lowest BCUT2D eigenvalue weighted by Crippen LogP contribution is -2.33. The van der Waals surface area contributed by atoms with E-state index in [1.54, 1.807) is 6.92 Å². The van der Waals surface area contributed by atoms with E-state index < -0.39 is 0 Å². The molecular formula is C8H15N3O. The van der Waals surface area contributed by atoms with E-state index in [9.17, 15) is 4.79 Å². The summed E-state index contributed by atoms with van der Waals surface area (Å²) in [6, 6.07) is 0. The van der Waals surface area contributed by atoms with Crippen LogP contribution in [0.15, 0.2) is 11.3 Å². The van der Waals surface area contributed by atoms with Gasteiger partial charge in [-0.2, -0.15) is 0 Å². The maximum absolute atomic E-state index is 11.2. The normalized spacial score (nSPS) is 17.4. The standard InChI is InChI=1S/C8H15N3O/c1-3-11-8(6(2)12)7(4-9)5-10-11/h10H,3-5,9H2,1-2H3. The molecule has 1 heterocycles. The molecule has 12 heavy (non-hydrogen) atoms. The molecule has 0 radical (unpaired) electrons. The van der Waals surface area contributed by atoms with E-state index in [-0.39, 0.29) is 5.78 Å². The van der Waals surface area contributed by atoms with E-state index in [1.165, 1.54) is 0 Å². The van der Waals surface area contributed by atoms with Gasteiger partial charge < -0.3 is 10.7 Å². The maximum Gasteiger partial charge on any atom is 0.177 e. The summed E-state index contributed by atoms with van der Waals surface area (Å²) in [5, 5.41) is 1.85. The summed E-state index contributed by atoms with van der Waals surface area (Å²) in [5.74, 6) is 0.0855. The van der Waals surface area contributed by atoms with E-state index in [1.807, 2.05) is 11.9 Å². The zero-order valence-electron chi connectivity index (χ0n) is 7.55. The van der Waals surface area contributed by atoms with E-state index in [2.05, 4.69) is 5.43 Å². The molecule has 1 aliphatic heterocycles. The molecular weight excluding hydrogens is 154 g/mol. The fourth-order valence-corrected chi connectivity index (χ4v) is 1.42. The van der Waals surface area contributed by atoms with Gasteiger partial charge in [0.05, 0.1) is 5.70 Å². The van der Waals surface area contributed by atoms with Crippen LogP contribution >= 0.6 is 0 Å². The van der Waals surface area contributed by atoms with Gasteiger partial charge in [0.1, 0.15) is 0 Å². The van der Waals surface area contributed by atoms with Crippen LogP contribution in [0, 0.1) is 0 Å². The zero-order chi connectivity index (χ0) is 9.14. The molecule has 0 aliphatic carbocycles. The van der Waals surface area contributed by atoms with Crippen molar-refractivity contribution in [3.63, 3.8) is 0 Å². The van der Waals surface area contributed by atoms with Gasteiger partial charge in [-0.15, -0.1) is 0 Å². The van der Waals surface area contributed by atoms with Crippen molar-refractivity contribution in [2.24, 2.45) is 5.73 Å². The Bertz CT molecular complexity index is 222. The zero-order valence-corrected chi connectivity index (χ0v) is 7.55. The van der Waals surface area contributed by atoms with Gasteiger partial charge in [-0.3, -0.25) is 4.79 Å². The first-order chi connectivity index (χ1) is 5.70. The Morgan fingerprint density at radius 1 is 1.75 bits per heavy atom. The average molecular weight is 169 g/mol. The quantitative estimate of drug-likeness (QED) is 0.605. The Labute approximate surface area is 72.4 Å². The van der Waals surface area contributed by atoms with Crippen molar-refractivity contribution in [3.8, 4) is 0 Å². The predicted molar refractivity (Wildman–Crippen MR) is 47.1 cm³/mol. The Morgan fingerprint density at radius 3 is 2.83 bits per heavy atom. The molecule has 4 heteroatoms. The highest BCUT2D eigenvalue weighted by Crippen LogP contribution is 2.14. The Hall–Kier alpha value is -0.870. The van der Waals surface area contributed by atoms with Gasteiger partial charge in [0, 0.05) is 26.6 Å². The molecule has 0 saturated carbocycles. The van der Waals surface area contributed by atoms with Gasteiger partial charge in [0.2, 0.25) is 0 Å². The Balaban J connectivity index is 2.88. The SMILES string of the molecule is CCN1NCC(CN)=C1C(C)=O. The molecule has 4 nitrogen and oxygen atoms in total. The van der Waals surface area contributed by atoms with Gasteiger partial charge in [0.25, 0.3) is 0 Å². The van der Waals surface area contributed by atoms with Crippen LogP contribution in [0.2, 0.25) is 0 Å². The Kier molecular flexibility index (Phi) is 2.83. The number of carbonyl (C=O) groups excluding carboxylic acids is 1. The highest BCUT2D eigenvalue weighted by atomic mass is 16.1. The van der Waals surface area contributed by atoms with Crippen LogP contribution in [0.5, 0.6) is 0 Å². The number of hydrazine groups is 1. The number of Topliss-reactive ketones (excluding diaryl/α,β-unsaturated/α-hetero) is 1. The van der Waals surface area contributed by atoms with E-state index in [0.29, 0.717) is 13.1 Å². The average Bonchev–Trinajstić information content (AvgIpc) is 2.46. The maximum atomic E-state index is 11.2. The van der Waals surface area contributed by atoms with Crippen LogP contribution in [-0.2, 0) is 4.79 Å². The van der Waals surface area contributed by atoms with Crippen molar-refractivity contribution < 1.29 is 4.79 Å². The second-order valence-corrected chi connectivity index (χ2v) is 2.79. The number of carbonyl (C=O) groups is 1. The van der Waals surface area contributed by atoms with Gasteiger partial charge in [0.15, 0.2) is 5.78 Å². The summed E-state index contributed by atoms with van der Waals surface area (Å²) in [6.07, 6.45) is 0. The molecule has 1 rings (SSSR count). The van der Waals surface area contributed by atoms with Crippen molar-refractivity contribution in [2.45, 2.75) is 13.8 Å². The minimum absolute atomic E-state index is 0.0855. The number of nitrogens with two attached hydrogens (primary N) is 1. The molecule has 1 aliphatic rings. The highest BCUT2D eigenvalue weighted by molar-refractivity contribution is 5.93. The number of nitrogens with zero attached hydrogens (tertiary/aromatic N) is 1. The van der Waals surface area contributed by atoms with Crippen molar-refractivity contribution in [1.82, 2.24) is 10.4 Å². The van der Waals surface area contributed by atoms with Crippen LogP contribution in [0.1, 0.15) is 13.8 Å². The fraction of sp³-hybridized carbons (Fsp3) is 0.625. The molecule has 0 amide bonds. The number of hydrogen-bond donors (Lipinski definition) is 2. The molecule has 68 valence electrons. The molecule has 0 fully saturated rings. The van der Waals surface area contributed by atoms with Crippen molar-refractivity contribution in [2.75, 3.05) is 19.6 Å². The first-order valence-electron chi connectivity index (χ1n) is 4.14. The first-order valence-corrected chi connectivity index (χ1v) is 4.14. The largest absolute Gasteiger partial charge is 0.327 e. The summed E-state index contributed by atoms with van der Waals surface area (Å²) in [7, 11) is 0. The molecule has 3 N–H and O–H groups in total. The molecule has 0 atom stereocenters. The third-order valence-electron chi connectivity index (χ3n) is 1.98. The summed E-state index contributed by atoms with van der Waals surface area (Å²) >= 11 is 0. The van der Waals surface area contributed by atoms with E-state index in [4.69, 9.17) is 5.73 Å². The Morgan fingerprint density at radius 2 is 2.42 bits per heavy atom. The second kappa shape index (κ2) is 3.69. The van der Waals surface area contributed by atoms with Crippen LogP contribution in [0.3, 0.4) is 0 Å². The van der Waals surface area contributed by atoms with Crippen molar-refractivity contribution >= 4 is 5.78 Å². The van der Waals surface area contributed by atoms with Gasteiger partial charge in [-0.1, -0.05) is 0 Å². The second-order valence-electron chi connectivity index (χ2n) is 2.79. The smallest absolute Gasteiger partial charge is 0.177 e. The first kappa shape index (κ1) is 9.22. The predicted octanol–water partition coefficient (Wildman–Crippen LogP) is -0.372. The molecule has 0 saturated heterocycles. The number of likely N-dealkylation sites (N-methyl/N-ethyl adjacent to an activating group) is 1. The van der Waals surface area contributed by atoms with Gasteiger partial charge in [-0.25, -0.2) is 5.43 Å². The third kappa shape index (κ3) is 1.49. The van der Waals surface area contributed by atoms with Crippen molar-refractivity contribution in [3.05, 3.63) is 11.3 Å². The van der Waals surface area contributed by atoms with Crippen LogP contribution in [-0.4, -0.2) is 30.4 Å². The summed E-state index contributed by atoms with van der Waals surface area (Å²) in [6.45, 7) is 5.52. The number of nitrogens with one attached hydrogen (secondary N) is 1. The molecule has 0 aromatic carbocycles. The molecule has 0 aromatic heterocycles. The van der Waals surface area contributed by atoms with Crippen LogP contribution < -0.4 is 11.2 Å². The summed E-state index contributed by atoms with van der Waals surface area (Å²) in [5.41, 5.74) is 10.4. The number of ketones is 1. The third-order valence-corrected chi connectivity index (χ3v) is 1.98. The minimum atomic E-state index is 0.0855. The summed E-state index contributed by atoms with van der Waals surface area (Å²) in [4.78, 5) is 11.2. The monoisotopic (exact) mass is 169 g/mol. The number of allylic oxidation sites excluding steroid dienone is 1. The number of hydrogen-bond acceptors (Lipinski definition) is 4. The minimum Gasteiger partial charge on any atom is -0.327 e. The van der Waals surface area contributed by atoms with Crippen LogP contribution in [0.25, 0.3) is 0 Å². The molecule has 0 bridgehead atoms. The molecule has 0 unspecified atom stereocenters. The lowest BCUT2D eigenvalue weighted by molar-refractivity contribution is -0.115. The van der Waals surface area contributed by atoms with Gasteiger partial charge in [-0.05, 0) is 12.5 Å². The molecule has 0 spiro atoms. The lowest BCUT2D eigenvalue weighted by Gasteiger charge is -2.17. The van der Waals surface area contributed by atoms with E-state index >= 15 is 0 Å². The fourth-order valence-electron chi connectivity index (χ4n) is 1.42. The highest BCUT2D eigenvalue weighted by Gasteiger charge is 2.22. The lowest BCUT2D eigenvalue weighted by atomic mass is 10.2. The summed E-state index contributed by atoms with van der Waals surface area (Å²) < 4.78 is 0. The topological polar surface area (TPSA) is 58.4 Å². The van der Waals surface area contributed by atoms with Crippen molar-refractivity contribution in [1.29, 1.82) is 0 Å². The van der Waals surface area contributed by atoms with Crippen LogP contribution in [0.4, 0.5) is 0 Å². The number of rotatable bonds is 3. The van der Waals surface area contributed by atoms with E-state index in [0.717, 1.165) is 17.8 Å². The van der Waals surface area contributed by atoms with Gasteiger partial charge >= 0.3 is 0 Å².